The zero-order valence-electron chi connectivity index (χ0n) is 8.82. The minimum absolute atomic E-state index is 0.210. The lowest BCUT2D eigenvalue weighted by Gasteiger charge is -2.08. The Morgan fingerprint density at radius 3 is 2.65 bits per heavy atom. The molecular formula is C12H10Cl2N2O. The maximum absolute atomic E-state index is 9.11. The predicted octanol–water partition coefficient (Wildman–Crippen LogP) is 3.13. The molecule has 1 aromatic carbocycles. The second-order valence-corrected chi connectivity index (χ2v) is 4.28. The quantitative estimate of drug-likeness (QED) is 0.880. The van der Waals surface area contributed by atoms with Crippen LogP contribution in [0.25, 0.3) is 11.3 Å². The molecule has 1 heterocycles. The topological polar surface area (TPSA) is 59.1 Å². The summed E-state index contributed by atoms with van der Waals surface area (Å²) >= 11 is 12.0. The summed E-state index contributed by atoms with van der Waals surface area (Å²) in [6, 6.07) is 8.74. The highest BCUT2D eigenvalue weighted by Crippen LogP contribution is 2.32. The van der Waals surface area contributed by atoms with Crippen molar-refractivity contribution in [3.05, 3.63) is 46.1 Å². The summed E-state index contributed by atoms with van der Waals surface area (Å²) in [6.07, 6.45) is 0. The van der Waals surface area contributed by atoms with Crippen LogP contribution in [0, 0.1) is 0 Å². The number of rotatable bonds is 2. The molecule has 0 spiro atoms. The lowest BCUT2D eigenvalue weighted by Crippen LogP contribution is -1.99. The molecular weight excluding hydrogens is 259 g/mol. The predicted molar refractivity (Wildman–Crippen MR) is 70.0 cm³/mol. The third-order valence-electron chi connectivity index (χ3n) is 2.39. The van der Waals surface area contributed by atoms with Gasteiger partial charge in [-0.15, -0.1) is 0 Å². The number of hydrogen-bond acceptors (Lipinski definition) is 3. The maximum atomic E-state index is 9.11. The summed E-state index contributed by atoms with van der Waals surface area (Å²) in [5.41, 5.74) is 7.90. The van der Waals surface area contributed by atoms with E-state index < -0.39 is 0 Å². The number of aromatic nitrogens is 1. The summed E-state index contributed by atoms with van der Waals surface area (Å²) in [5.74, 6) is 0. The van der Waals surface area contributed by atoms with E-state index in [2.05, 4.69) is 4.98 Å². The molecule has 5 heteroatoms. The lowest BCUT2D eigenvalue weighted by molar-refractivity contribution is 0.278. The van der Waals surface area contributed by atoms with Gasteiger partial charge in [0.25, 0.3) is 0 Å². The molecule has 0 fully saturated rings. The average Bonchev–Trinajstić information content (AvgIpc) is 2.34. The zero-order valence-corrected chi connectivity index (χ0v) is 10.3. The molecule has 0 amide bonds. The van der Waals surface area contributed by atoms with E-state index in [0.29, 0.717) is 32.7 Å². The molecule has 2 aromatic rings. The Balaban J connectivity index is 2.57. The van der Waals surface area contributed by atoms with Crippen molar-refractivity contribution < 1.29 is 5.11 Å². The molecule has 0 aliphatic rings. The van der Waals surface area contributed by atoms with Gasteiger partial charge < -0.3 is 10.8 Å². The molecule has 1 aromatic heterocycles. The first-order chi connectivity index (χ1) is 8.13. The summed E-state index contributed by atoms with van der Waals surface area (Å²) in [4.78, 5) is 4.24. The van der Waals surface area contributed by atoms with Crippen LogP contribution in [0.5, 0.6) is 0 Å². The van der Waals surface area contributed by atoms with Crippen molar-refractivity contribution in [2.24, 2.45) is 0 Å². The van der Waals surface area contributed by atoms with Gasteiger partial charge in [0.2, 0.25) is 0 Å². The molecule has 2 rings (SSSR count). The van der Waals surface area contributed by atoms with Crippen LogP contribution in [0.4, 0.5) is 5.69 Å². The van der Waals surface area contributed by atoms with Gasteiger partial charge in [-0.1, -0.05) is 35.3 Å². The Morgan fingerprint density at radius 1 is 1.18 bits per heavy atom. The smallest absolute Gasteiger partial charge is 0.0894 e. The van der Waals surface area contributed by atoms with Crippen molar-refractivity contribution in [2.45, 2.75) is 6.61 Å². The van der Waals surface area contributed by atoms with Crippen LogP contribution in [0.15, 0.2) is 30.3 Å². The summed E-state index contributed by atoms with van der Waals surface area (Å²) < 4.78 is 0. The first-order valence-electron chi connectivity index (χ1n) is 4.94. The zero-order chi connectivity index (χ0) is 12.4. The van der Waals surface area contributed by atoms with E-state index in [1.807, 2.05) is 6.07 Å². The number of aliphatic hydroxyl groups is 1. The van der Waals surface area contributed by atoms with Gasteiger partial charge in [-0.05, 0) is 18.2 Å². The minimum Gasteiger partial charge on any atom is -0.397 e. The average molecular weight is 269 g/mol. The highest BCUT2D eigenvalue weighted by atomic mass is 35.5. The molecule has 3 N–H and O–H groups in total. The number of halogens is 2. The van der Waals surface area contributed by atoms with Gasteiger partial charge >= 0.3 is 0 Å². The Morgan fingerprint density at radius 2 is 1.94 bits per heavy atom. The Hall–Kier alpha value is -1.29. The van der Waals surface area contributed by atoms with E-state index in [4.69, 9.17) is 34.0 Å². The highest BCUT2D eigenvalue weighted by molar-refractivity contribution is 6.43. The molecule has 3 nitrogen and oxygen atoms in total. The molecule has 0 radical (unpaired) electrons. The third-order valence-corrected chi connectivity index (χ3v) is 3.21. The standard InChI is InChI=1S/C12H10Cl2N2O/c13-8-3-1-2-7(12(8)14)10-5-4-9(15)11(6-17)16-10/h1-5,17H,6,15H2. The van der Waals surface area contributed by atoms with Crippen LogP contribution in [-0.4, -0.2) is 10.1 Å². The number of anilines is 1. The molecule has 0 aliphatic heterocycles. The van der Waals surface area contributed by atoms with Gasteiger partial charge in [0.1, 0.15) is 0 Å². The molecule has 17 heavy (non-hydrogen) atoms. The largest absolute Gasteiger partial charge is 0.397 e. The first-order valence-corrected chi connectivity index (χ1v) is 5.69. The van der Waals surface area contributed by atoms with Crippen LogP contribution in [-0.2, 0) is 6.61 Å². The van der Waals surface area contributed by atoms with E-state index in [1.165, 1.54) is 0 Å². The van der Waals surface area contributed by atoms with E-state index in [1.54, 1.807) is 24.3 Å². The monoisotopic (exact) mass is 268 g/mol. The summed E-state index contributed by atoms with van der Waals surface area (Å²) in [6.45, 7) is -0.210. The number of nitrogen functional groups attached to an aromatic ring is 1. The number of benzene rings is 1. The van der Waals surface area contributed by atoms with E-state index in [-0.39, 0.29) is 6.61 Å². The molecule has 0 bridgehead atoms. The van der Waals surface area contributed by atoms with Gasteiger partial charge in [-0.25, -0.2) is 4.98 Å². The fourth-order valence-electron chi connectivity index (χ4n) is 1.49. The van der Waals surface area contributed by atoms with Gasteiger partial charge in [0.15, 0.2) is 0 Å². The molecule has 0 unspecified atom stereocenters. The number of aliphatic hydroxyl groups excluding tert-OH is 1. The second kappa shape index (κ2) is 4.92. The Kier molecular flexibility index (Phi) is 3.52. The number of pyridine rings is 1. The molecule has 0 atom stereocenters. The molecule has 88 valence electrons. The third kappa shape index (κ3) is 2.36. The van der Waals surface area contributed by atoms with Crippen molar-refractivity contribution in [1.82, 2.24) is 4.98 Å². The summed E-state index contributed by atoms with van der Waals surface area (Å²) in [5, 5.41) is 10.0. The molecule has 0 aliphatic carbocycles. The van der Waals surface area contributed by atoms with Crippen molar-refractivity contribution in [1.29, 1.82) is 0 Å². The van der Waals surface area contributed by atoms with E-state index in [0.717, 1.165) is 0 Å². The maximum Gasteiger partial charge on any atom is 0.0894 e. The fraction of sp³-hybridized carbons (Fsp3) is 0.0833. The van der Waals surface area contributed by atoms with E-state index >= 15 is 0 Å². The van der Waals surface area contributed by atoms with Crippen LogP contribution in [0.2, 0.25) is 10.0 Å². The number of nitrogens with two attached hydrogens (primary N) is 1. The number of nitrogens with zero attached hydrogens (tertiary/aromatic N) is 1. The molecule has 0 saturated carbocycles. The highest BCUT2D eigenvalue weighted by Gasteiger charge is 2.09. The van der Waals surface area contributed by atoms with Gasteiger partial charge in [-0.2, -0.15) is 0 Å². The normalized spacial score (nSPS) is 10.5. The van der Waals surface area contributed by atoms with Crippen LogP contribution in [0.1, 0.15) is 5.69 Å². The minimum atomic E-state index is -0.210. The SMILES string of the molecule is Nc1ccc(-c2cccc(Cl)c2Cl)nc1CO. The van der Waals surface area contributed by atoms with Crippen LogP contribution >= 0.6 is 23.2 Å². The number of hydrogen-bond donors (Lipinski definition) is 2. The van der Waals surface area contributed by atoms with Crippen LogP contribution < -0.4 is 5.73 Å². The molecule has 0 saturated heterocycles. The Bertz CT molecular complexity index is 558. The van der Waals surface area contributed by atoms with Gasteiger partial charge in [0, 0.05) is 5.56 Å². The summed E-state index contributed by atoms with van der Waals surface area (Å²) in [7, 11) is 0. The van der Waals surface area contributed by atoms with Gasteiger partial charge in [0.05, 0.1) is 33.7 Å². The van der Waals surface area contributed by atoms with Crippen molar-refractivity contribution in [3.8, 4) is 11.3 Å². The first kappa shape index (κ1) is 12.2. The van der Waals surface area contributed by atoms with Crippen molar-refractivity contribution >= 4 is 28.9 Å². The Labute approximate surface area is 109 Å². The second-order valence-electron chi connectivity index (χ2n) is 3.49. The van der Waals surface area contributed by atoms with Crippen LogP contribution in [0.3, 0.4) is 0 Å². The lowest BCUT2D eigenvalue weighted by atomic mass is 10.1. The van der Waals surface area contributed by atoms with Crippen molar-refractivity contribution in [2.75, 3.05) is 5.73 Å². The van der Waals surface area contributed by atoms with Crippen molar-refractivity contribution in [3.63, 3.8) is 0 Å². The van der Waals surface area contributed by atoms with Gasteiger partial charge in [-0.3, -0.25) is 0 Å². The van der Waals surface area contributed by atoms with E-state index in [9.17, 15) is 0 Å². The fourth-order valence-corrected chi connectivity index (χ4v) is 1.89.